The second-order valence-electron chi connectivity index (χ2n) is 5.82. The molecule has 124 valence electrons. The van der Waals surface area contributed by atoms with Crippen LogP contribution in [0.1, 0.15) is 38.2 Å². The predicted octanol–water partition coefficient (Wildman–Crippen LogP) is 1.75. The summed E-state index contributed by atoms with van der Waals surface area (Å²) >= 11 is 5.13. The maximum Gasteiger partial charge on any atom is 0.257 e. The van der Waals surface area contributed by atoms with Crippen molar-refractivity contribution in [2.75, 3.05) is 18.4 Å². The van der Waals surface area contributed by atoms with Crippen LogP contribution in [0.2, 0.25) is 0 Å². The average Bonchev–Trinajstić information content (AvgIpc) is 2.91. The van der Waals surface area contributed by atoms with E-state index in [1.807, 2.05) is 24.3 Å². The first-order valence-electron chi connectivity index (χ1n) is 7.69. The van der Waals surface area contributed by atoms with E-state index >= 15 is 0 Å². The molecule has 1 aromatic carbocycles. The lowest BCUT2D eigenvalue weighted by Gasteiger charge is -2.16. The molecule has 1 aromatic rings. The Kier molecular flexibility index (Phi) is 5.92. The number of hydrogen-bond acceptors (Lipinski definition) is 3. The molecule has 6 nitrogen and oxygen atoms in total. The molecular formula is C16H22N4O2S. The molecule has 0 radical (unpaired) electrons. The van der Waals surface area contributed by atoms with Crippen LogP contribution in [-0.2, 0) is 9.59 Å². The minimum atomic E-state index is -0.292. The van der Waals surface area contributed by atoms with Crippen LogP contribution in [0.25, 0.3) is 0 Å². The number of anilines is 1. The van der Waals surface area contributed by atoms with Crippen LogP contribution in [0.15, 0.2) is 24.3 Å². The largest absolute Gasteiger partial charge is 0.333 e. The van der Waals surface area contributed by atoms with E-state index in [2.05, 4.69) is 30.0 Å². The van der Waals surface area contributed by atoms with E-state index in [0.29, 0.717) is 24.0 Å². The number of amides is 2. The Balaban J connectivity index is 1.74. The van der Waals surface area contributed by atoms with E-state index < -0.39 is 0 Å². The molecule has 7 heteroatoms. The summed E-state index contributed by atoms with van der Waals surface area (Å²) in [5.74, 6) is 0.201. The number of hydrazine groups is 1. The van der Waals surface area contributed by atoms with Crippen molar-refractivity contribution in [2.45, 2.75) is 32.6 Å². The van der Waals surface area contributed by atoms with Crippen molar-refractivity contribution in [3.63, 3.8) is 0 Å². The maximum absolute atomic E-state index is 11.8. The van der Waals surface area contributed by atoms with Gasteiger partial charge >= 0.3 is 0 Å². The van der Waals surface area contributed by atoms with E-state index in [-0.39, 0.29) is 18.4 Å². The number of carbonyl (C=O) groups excluding carboxylic acids is 2. The number of thiocarbonyl (C=S) groups is 1. The van der Waals surface area contributed by atoms with Crippen molar-refractivity contribution < 1.29 is 9.59 Å². The summed E-state index contributed by atoms with van der Waals surface area (Å²) in [6, 6.07) is 7.95. The summed E-state index contributed by atoms with van der Waals surface area (Å²) in [6.07, 6.45) is 1.33. The number of rotatable bonds is 4. The molecule has 0 aromatic heterocycles. The Bertz CT molecular complexity index is 586. The third-order valence-electron chi connectivity index (χ3n) is 3.66. The van der Waals surface area contributed by atoms with E-state index in [1.54, 1.807) is 0 Å². The summed E-state index contributed by atoms with van der Waals surface area (Å²) in [4.78, 5) is 24.8. The van der Waals surface area contributed by atoms with Gasteiger partial charge in [-0.25, -0.2) is 0 Å². The molecule has 2 rings (SSSR count). The number of hydrogen-bond donors (Lipinski definition) is 3. The van der Waals surface area contributed by atoms with Crippen LogP contribution < -0.4 is 16.2 Å². The molecule has 1 aliphatic rings. The van der Waals surface area contributed by atoms with Crippen LogP contribution >= 0.6 is 12.2 Å². The van der Waals surface area contributed by atoms with Gasteiger partial charge in [-0.15, -0.1) is 0 Å². The fourth-order valence-electron chi connectivity index (χ4n) is 2.32. The van der Waals surface area contributed by atoms with Gasteiger partial charge in [-0.1, -0.05) is 26.0 Å². The Morgan fingerprint density at radius 3 is 2.52 bits per heavy atom. The standard InChI is InChI=1S/C16H22N4O2S/c1-11(2)12-5-7-13(8-6-12)17-16(23)19-18-14(21)10-20-9-3-4-15(20)22/h5-8,11H,3-4,9-10H2,1-2H3,(H,18,21)(H2,17,19,23). The Morgan fingerprint density at radius 2 is 1.96 bits per heavy atom. The molecule has 1 aliphatic heterocycles. The fraction of sp³-hybridized carbons (Fsp3) is 0.438. The van der Waals surface area contributed by atoms with Crippen molar-refractivity contribution in [3.8, 4) is 0 Å². The zero-order valence-corrected chi connectivity index (χ0v) is 14.2. The number of benzene rings is 1. The maximum atomic E-state index is 11.8. The second-order valence-corrected chi connectivity index (χ2v) is 6.23. The van der Waals surface area contributed by atoms with Gasteiger partial charge in [0.05, 0.1) is 0 Å². The van der Waals surface area contributed by atoms with E-state index in [0.717, 1.165) is 12.1 Å². The summed E-state index contributed by atoms with van der Waals surface area (Å²) < 4.78 is 0. The normalized spacial score (nSPS) is 14.0. The first kappa shape index (κ1) is 17.2. The van der Waals surface area contributed by atoms with Gasteiger partial charge in [-0.3, -0.25) is 20.4 Å². The quantitative estimate of drug-likeness (QED) is 0.578. The van der Waals surface area contributed by atoms with E-state index in [4.69, 9.17) is 12.2 Å². The minimum Gasteiger partial charge on any atom is -0.333 e. The smallest absolute Gasteiger partial charge is 0.257 e. The van der Waals surface area contributed by atoms with Crippen LogP contribution in [0, 0.1) is 0 Å². The lowest BCUT2D eigenvalue weighted by atomic mass is 10.0. The molecule has 0 unspecified atom stereocenters. The van der Waals surface area contributed by atoms with Crippen molar-refractivity contribution >= 4 is 34.8 Å². The van der Waals surface area contributed by atoms with Crippen LogP contribution in [0.5, 0.6) is 0 Å². The van der Waals surface area contributed by atoms with E-state index in [1.165, 1.54) is 10.5 Å². The van der Waals surface area contributed by atoms with Crippen molar-refractivity contribution in [1.82, 2.24) is 15.8 Å². The molecule has 0 saturated carbocycles. The van der Waals surface area contributed by atoms with E-state index in [9.17, 15) is 9.59 Å². The van der Waals surface area contributed by atoms with Crippen molar-refractivity contribution in [3.05, 3.63) is 29.8 Å². The van der Waals surface area contributed by atoms with Gasteiger partial charge in [0.1, 0.15) is 6.54 Å². The molecule has 0 atom stereocenters. The molecular weight excluding hydrogens is 312 g/mol. The van der Waals surface area contributed by atoms with Gasteiger partial charge in [-0.2, -0.15) is 0 Å². The van der Waals surface area contributed by atoms with Crippen LogP contribution in [0.3, 0.4) is 0 Å². The zero-order valence-electron chi connectivity index (χ0n) is 13.4. The van der Waals surface area contributed by atoms with Crippen molar-refractivity contribution in [1.29, 1.82) is 0 Å². The van der Waals surface area contributed by atoms with Gasteiger partial charge in [0, 0.05) is 18.7 Å². The third-order valence-corrected chi connectivity index (χ3v) is 3.86. The molecule has 1 saturated heterocycles. The molecule has 1 fully saturated rings. The monoisotopic (exact) mass is 334 g/mol. The van der Waals surface area contributed by atoms with Gasteiger partial charge in [0.15, 0.2) is 5.11 Å². The topological polar surface area (TPSA) is 73.5 Å². The Morgan fingerprint density at radius 1 is 1.26 bits per heavy atom. The summed E-state index contributed by atoms with van der Waals surface area (Å²) in [6.45, 7) is 4.96. The zero-order chi connectivity index (χ0) is 16.8. The summed E-state index contributed by atoms with van der Waals surface area (Å²) in [7, 11) is 0. The lowest BCUT2D eigenvalue weighted by molar-refractivity contribution is -0.133. The first-order chi connectivity index (χ1) is 11.0. The minimum absolute atomic E-state index is 0.0195. The first-order valence-corrected chi connectivity index (χ1v) is 8.10. The Hall–Kier alpha value is -2.15. The number of carbonyl (C=O) groups is 2. The van der Waals surface area contributed by atoms with Gasteiger partial charge in [0.25, 0.3) is 5.91 Å². The second kappa shape index (κ2) is 7.92. The van der Waals surface area contributed by atoms with Gasteiger partial charge < -0.3 is 10.2 Å². The SMILES string of the molecule is CC(C)c1ccc(NC(=S)NNC(=O)CN2CCCC2=O)cc1. The van der Waals surface area contributed by atoms with Crippen molar-refractivity contribution in [2.24, 2.45) is 0 Å². The lowest BCUT2D eigenvalue weighted by Crippen LogP contribution is -2.48. The fourth-order valence-corrected chi connectivity index (χ4v) is 2.49. The summed E-state index contributed by atoms with van der Waals surface area (Å²) in [5, 5.41) is 3.29. The van der Waals surface area contributed by atoms with Gasteiger partial charge in [-0.05, 0) is 42.3 Å². The number of nitrogens with zero attached hydrogens (tertiary/aromatic N) is 1. The number of likely N-dealkylation sites (tertiary alicyclic amines) is 1. The number of nitrogens with one attached hydrogen (secondary N) is 3. The average molecular weight is 334 g/mol. The summed E-state index contributed by atoms with van der Waals surface area (Å²) in [5.41, 5.74) is 7.22. The highest BCUT2D eigenvalue weighted by Crippen LogP contribution is 2.16. The molecule has 0 spiro atoms. The van der Waals surface area contributed by atoms with Gasteiger partial charge in [0.2, 0.25) is 5.91 Å². The predicted molar refractivity (Wildman–Crippen MR) is 93.8 cm³/mol. The molecule has 23 heavy (non-hydrogen) atoms. The molecule has 3 N–H and O–H groups in total. The third kappa shape index (κ3) is 5.21. The molecule has 0 aliphatic carbocycles. The Labute approximate surface area is 141 Å². The van der Waals surface area contributed by atoms with Crippen LogP contribution in [0.4, 0.5) is 5.69 Å². The molecule has 2 amide bonds. The highest BCUT2D eigenvalue weighted by Gasteiger charge is 2.22. The van der Waals surface area contributed by atoms with Crippen LogP contribution in [-0.4, -0.2) is 34.9 Å². The molecule has 1 heterocycles. The highest BCUT2D eigenvalue weighted by atomic mass is 32.1. The molecule has 0 bridgehead atoms. The highest BCUT2D eigenvalue weighted by molar-refractivity contribution is 7.80.